The predicted molar refractivity (Wildman–Crippen MR) is 64.4 cm³/mol. The summed E-state index contributed by atoms with van der Waals surface area (Å²) in [6.45, 7) is 8.09. The zero-order chi connectivity index (χ0) is 10.7. The molecule has 0 fully saturated rings. The highest BCUT2D eigenvalue weighted by molar-refractivity contribution is 6.31. The number of aryl methyl sites for hydroxylation is 1. The Kier molecular flexibility index (Phi) is 3.59. The van der Waals surface area contributed by atoms with Crippen molar-refractivity contribution in [1.29, 1.82) is 0 Å². The van der Waals surface area contributed by atoms with Gasteiger partial charge in [-0.2, -0.15) is 0 Å². The zero-order valence-electron chi connectivity index (χ0n) is 9.11. The lowest BCUT2D eigenvalue weighted by molar-refractivity contribution is 1.24. The van der Waals surface area contributed by atoms with E-state index >= 15 is 0 Å². The van der Waals surface area contributed by atoms with E-state index in [1.54, 1.807) is 0 Å². The summed E-state index contributed by atoms with van der Waals surface area (Å²) in [5, 5.41) is 0.799. The van der Waals surface area contributed by atoms with Gasteiger partial charge in [0.25, 0.3) is 0 Å². The molecule has 14 heavy (non-hydrogen) atoms. The maximum absolute atomic E-state index is 5.86. The first-order valence-corrected chi connectivity index (χ1v) is 5.05. The number of hydrogen-bond donors (Lipinski definition) is 1. The summed E-state index contributed by atoms with van der Waals surface area (Å²) < 4.78 is 0. The van der Waals surface area contributed by atoms with Gasteiger partial charge < -0.3 is 4.98 Å². The van der Waals surface area contributed by atoms with Crippen LogP contribution >= 0.6 is 11.6 Å². The highest BCUT2D eigenvalue weighted by Gasteiger charge is 2.01. The third-order valence-electron chi connectivity index (χ3n) is 1.80. The molecule has 1 rings (SSSR count). The predicted octanol–water partition coefficient (Wildman–Crippen LogP) is 4.35. The van der Waals surface area contributed by atoms with E-state index in [0.29, 0.717) is 0 Å². The van der Waals surface area contributed by atoms with Crippen LogP contribution in [0.25, 0.3) is 12.2 Å². The number of aromatic nitrogens is 1. The molecule has 1 aromatic rings. The Bertz CT molecular complexity index is 340. The van der Waals surface area contributed by atoms with Gasteiger partial charge in [0.1, 0.15) is 0 Å². The Morgan fingerprint density at radius 1 is 1.29 bits per heavy atom. The second-order valence-corrected chi connectivity index (χ2v) is 4.37. The van der Waals surface area contributed by atoms with E-state index in [0.717, 1.165) is 22.0 Å². The lowest BCUT2D eigenvalue weighted by atomic mass is 10.2. The summed E-state index contributed by atoms with van der Waals surface area (Å²) in [5.74, 6) is 0. The van der Waals surface area contributed by atoms with Crippen molar-refractivity contribution in [3.8, 4) is 0 Å². The van der Waals surface area contributed by atoms with Gasteiger partial charge in [0.05, 0.1) is 0 Å². The monoisotopic (exact) mass is 209 g/mol. The van der Waals surface area contributed by atoms with Crippen molar-refractivity contribution in [2.24, 2.45) is 0 Å². The molecular weight excluding hydrogens is 194 g/mol. The third kappa shape index (κ3) is 3.08. The molecule has 76 valence electrons. The van der Waals surface area contributed by atoms with Crippen molar-refractivity contribution in [3.63, 3.8) is 0 Å². The molecule has 1 N–H and O–H groups in total. The standard InChI is InChI=1S/C12H16ClN/c1-8(2)5-12-11(6-9(3)13)7-10(4)14-12/h5-7,14H,1-4H3/b9-6+. The van der Waals surface area contributed by atoms with Crippen molar-refractivity contribution in [3.05, 3.63) is 33.6 Å². The van der Waals surface area contributed by atoms with Crippen molar-refractivity contribution < 1.29 is 0 Å². The van der Waals surface area contributed by atoms with Gasteiger partial charge in [-0.25, -0.2) is 0 Å². The van der Waals surface area contributed by atoms with Gasteiger partial charge in [0.2, 0.25) is 0 Å². The number of aromatic amines is 1. The van der Waals surface area contributed by atoms with Crippen molar-refractivity contribution in [2.75, 3.05) is 0 Å². The second-order valence-electron chi connectivity index (χ2n) is 3.77. The van der Waals surface area contributed by atoms with Gasteiger partial charge in [0, 0.05) is 22.0 Å². The van der Waals surface area contributed by atoms with Crippen molar-refractivity contribution in [2.45, 2.75) is 27.7 Å². The highest BCUT2D eigenvalue weighted by atomic mass is 35.5. The Morgan fingerprint density at radius 2 is 1.93 bits per heavy atom. The molecule has 0 aromatic carbocycles. The molecule has 0 atom stereocenters. The molecule has 0 aliphatic heterocycles. The van der Waals surface area contributed by atoms with Crippen LogP contribution in [-0.2, 0) is 0 Å². The minimum Gasteiger partial charge on any atom is -0.359 e. The lowest BCUT2D eigenvalue weighted by Crippen LogP contribution is -1.78. The van der Waals surface area contributed by atoms with Gasteiger partial charge in [0.15, 0.2) is 0 Å². The van der Waals surface area contributed by atoms with E-state index in [2.05, 4.69) is 31.0 Å². The molecule has 0 bridgehead atoms. The van der Waals surface area contributed by atoms with Gasteiger partial charge in [-0.1, -0.05) is 17.2 Å². The molecule has 0 unspecified atom stereocenters. The molecule has 1 heterocycles. The molecule has 2 heteroatoms. The molecule has 0 aliphatic rings. The molecule has 0 saturated heterocycles. The minimum atomic E-state index is 0.799. The van der Waals surface area contributed by atoms with Gasteiger partial charge in [-0.05, 0) is 45.9 Å². The topological polar surface area (TPSA) is 15.8 Å². The molecule has 1 nitrogen and oxygen atoms in total. The SMILES string of the molecule is CC(C)=Cc1[nH]c(C)cc1/C=C(\C)Cl. The Hall–Kier alpha value is -0.950. The van der Waals surface area contributed by atoms with E-state index in [1.165, 1.54) is 5.57 Å². The van der Waals surface area contributed by atoms with Crippen LogP contribution in [0.1, 0.15) is 37.7 Å². The summed E-state index contributed by atoms with van der Waals surface area (Å²) in [7, 11) is 0. The largest absolute Gasteiger partial charge is 0.359 e. The number of hydrogen-bond acceptors (Lipinski definition) is 0. The lowest BCUT2D eigenvalue weighted by Gasteiger charge is -1.94. The maximum atomic E-state index is 5.86. The number of nitrogens with one attached hydrogen (secondary N) is 1. The van der Waals surface area contributed by atoms with Crippen LogP contribution in [0, 0.1) is 6.92 Å². The van der Waals surface area contributed by atoms with Crippen molar-refractivity contribution >= 4 is 23.8 Å². The number of rotatable bonds is 2. The van der Waals surface area contributed by atoms with Gasteiger partial charge in [-0.3, -0.25) is 0 Å². The normalized spacial score (nSPS) is 11.6. The van der Waals surface area contributed by atoms with Crippen LogP contribution in [0.15, 0.2) is 16.7 Å². The minimum absolute atomic E-state index is 0.799. The molecule has 0 saturated carbocycles. The smallest absolute Gasteiger partial charge is 0.0455 e. The van der Waals surface area contributed by atoms with Gasteiger partial charge in [-0.15, -0.1) is 0 Å². The average molecular weight is 210 g/mol. The first-order valence-electron chi connectivity index (χ1n) is 4.67. The fourth-order valence-electron chi connectivity index (χ4n) is 1.37. The number of H-pyrrole nitrogens is 1. The Labute approximate surface area is 90.5 Å². The Morgan fingerprint density at radius 3 is 2.43 bits per heavy atom. The van der Waals surface area contributed by atoms with E-state index in [4.69, 9.17) is 11.6 Å². The van der Waals surface area contributed by atoms with Crippen LogP contribution in [0.5, 0.6) is 0 Å². The number of allylic oxidation sites excluding steroid dienone is 2. The van der Waals surface area contributed by atoms with Crippen LogP contribution < -0.4 is 0 Å². The fourth-order valence-corrected chi connectivity index (χ4v) is 1.49. The maximum Gasteiger partial charge on any atom is 0.0455 e. The average Bonchev–Trinajstić information content (AvgIpc) is 2.28. The van der Waals surface area contributed by atoms with Crippen LogP contribution in [0.2, 0.25) is 0 Å². The fraction of sp³-hybridized carbons (Fsp3) is 0.333. The third-order valence-corrected chi connectivity index (χ3v) is 1.91. The van der Waals surface area contributed by atoms with Crippen LogP contribution in [0.4, 0.5) is 0 Å². The zero-order valence-corrected chi connectivity index (χ0v) is 9.87. The molecule has 0 aliphatic carbocycles. The van der Waals surface area contributed by atoms with Gasteiger partial charge >= 0.3 is 0 Å². The molecule has 0 spiro atoms. The first kappa shape index (κ1) is 11.1. The summed E-state index contributed by atoms with van der Waals surface area (Å²) in [5.41, 5.74) is 4.70. The highest BCUT2D eigenvalue weighted by Crippen LogP contribution is 2.18. The Balaban J connectivity index is 3.16. The second kappa shape index (κ2) is 4.52. The van der Waals surface area contributed by atoms with Crippen LogP contribution in [0.3, 0.4) is 0 Å². The molecular formula is C12H16ClN. The van der Waals surface area contributed by atoms with Crippen molar-refractivity contribution in [1.82, 2.24) is 4.98 Å². The van der Waals surface area contributed by atoms with E-state index in [1.807, 2.05) is 19.9 Å². The molecule has 0 radical (unpaired) electrons. The summed E-state index contributed by atoms with van der Waals surface area (Å²) in [4.78, 5) is 3.30. The summed E-state index contributed by atoms with van der Waals surface area (Å²) in [6.07, 6.45) is 4.10. The van der Waals surface area contributed by atoms with E-state index in [9.17, 15) is 0 Å². The molecule has 0 amide bonds. The van der Waals surface area contributed by atoms with E-state index in [-0.39, 0.29) is 0 Å². The molecule has 1 aromatic heterocycles. The quantitative estimate of drug-likeness (QED) is 0.746. The van der Waals surface area contributed by atoms with E-state index < -0.39 is 0 Å². The summed E-state index contributed by atoms with van der Waals surface area (Å²) in [6, 6.07) is 2.10. The first-order chi connectivity index (χ1) is 6.49. The number of halogens is 1. The van der Waals surface area contributed by atoms with Crippen LogP contribution in [-0.4, -0.2) is 4.98 Å². The summed E-state index contributed by atoms with van der Waals surface area (Å²) >= 11 is 5.86.